The van der Waals surface area contributed by atoms with Crippen LogP contribution in [0.15, 0.2) is 48.9 Å². The molecule has 10 heteroatoms. The SMILES string of the molecule is [C-]#[N+]c1ccc(-n2cnc3c(N)nc(N4CCN(c5ccc(O)cc5)CC4)nc32)cn1. The molecule has 1 aromatic carbocycles. The molecule has 154 valence electrons. The molecular weight excluding hydrogens is 394 g/mol. The largest absolute Gasteiger partial charge is 0.508 e. The maximum Gasteiger partial charge on any atom is 0.269 e. The minimum atomic E-state index is 0.259. The fraction of sp³-hybridized carbons (Fsp3) is 0.190. The molecule has 5 rings (SSSR count). The second kappa shape index (κ2) is 7.46. The molecule has 0 spiro atoms. The Hall–Kier alpha value is -4.39. The molecule has 10 nitrogen and oxygen atoms in total. The Balaban J connectivity index is 1.41. The third-order valence-corrected chi connectivity index (χ3v) is 5.31. The van der Waals surface area contributed by atoms with E-state index < -0.39 is 0 Å². The average Bonchev–Trinajstić information content (AvgIpc) is 3.24. The summed E-state index contributed by atoms with van der Waals surface area (Å²) < 4.78 is 1.80. The Morgan fingerprint density at radius 2 is 1.61 bits per heavy atom. The topological polar surface area (TPSA) is 114 Å². The van der Waals surface area contributed by atoms with Crippen molar-refractivity contribution in [2.75, 3.05) is 41.7 Å². The lowest BCUT2D eigenvalue weighted by Gasteiger charge is -2.36. The number of aromatic nitrogens is 5. The molecule has 4 aromatic rings. The van der Waals surface area contributed by atoms with Crippen LogP contribution in [0.1, 0.15) is 0 Å². The number of hydrogen-bond donors (Lipinski definition) is 2. The quantitative estimate of drug-likeness (QED) is 0.492. The minimum absolute atomic E-state index is 0.259. The Labute approximate surface area is 178 Å². The van der Waals surface area contributed by atoms with Crippen LogP contribution < -0.4 is 15.5 Å². The van der Waals surface area contributed by atoms with Crippen molar-refractivity contribution in [1.29, 1.82) is 0 Å². The van der Waals surface area contributed by atoms with Gasteiger partial charge in [0.1, 0.15) is 18.3 Å². The second-order valence-electron chi connectivity index (χ2n) is 7.17. The van der Waals surface area contributed by atoms with Crippen molar-refractivity contribution in [3.8, 4) is 11.4 Å². The lowest BCUT2D eigenvalue weighted by Crippen LogP contribution is -2.47. The fourth-order valence-corrected chi connectivity index (χ4v) is 3.66. The number of anilines is 3. The Morgan fingerprint density at radius 1 is 0.903 bits per heavy atom. The van der Waals surface area contributed by atoms with Crippen molar-refractivity contribution >= 4 is 34.4 Å². The summed E-state index contributed by atoms with van der Waals surface area (Å²) >= 11 is 0. The van der Waals surface area contributed by atoms with Gasteiger partial charge in [-0.25, -0.2) is 4.98 Å². The predicted octanol–water partition coefficient (Wildman–Crippen LogP) is 2.38. The number of aromatic hydroxyl groups is 1. The standard InChI is InChI=1S/C21H19N9O/c1-23-17-7-4-15(12-24-17)30-13-25-18-19(22)26-21(27-20(18)30)29-10-8-28(9-11-29)14-2-5-16(31)6-3-14/h2-7,12-13,31H,8-11H2,(H2,22,26,27). The van der Waals surface area contributed by atoms with Crippen molar-refractivity contribution in [3.05, 3.63) is 60.3 Å². The summed E-state index contributed by atoms with van der Waals surface area (Å²) in [5.41, 5.74) is 9.13. The molecule has 0 radical (unpaired) electrons. The van der Waals surface area contributed by atoms with Crippen molar-refractivity contribution in [3.63, 3.8) is 0 Å². The zero-order valence-electron chi connectivity index (χ0n) is 16.5. The number of nitrogens with zero attached hydrogens (tertiary/aromatic N) is 8. The number of hydrogen-bond acceptors (Lipinski definition) is 8. The first-order valence-electron chi connectivity index (χ1n) is 9.76. The minimum Gasteiger partial charge on any atom is -0.508 e. The highest BCUT2D eigenvalue weighted by molar-refractivity contribution is 5.84. The summed E-state index contributed by atoms with van der Waals surface area (Å²) in [6.45, 7) is 10.1. The van der Waals surface area contributed by atoms with Crippen LogP contribution in [0.4, 0.5) is 23.3 Å². The van der Waals surface area contributed by atoms with Crippen LogP contribution in [0, 0.1) is 6.57 Å². The first kappa shape index (κ1) is 18.6. The molecule has 4 heterocycles. The molecule has 1 aliphatic rings. The van der Waals surface area contributed by atoms with Crippen LogP contribution in [-0.4, -0.2) is 55.8 Å². The molecule has 1 saturated heterocycles. The molecule has 1 aliphatic heterocycles. The van der Waals surface area contributed by atoms with Gasteiger partial charge in [-0.15, -0.1) is 4.98 Å². The monoisotopic (exact) mass is 413 g/mol. The highest BCUT2D eigenvalue weighted by Crippen LogP contribution is 2.25. The first-order chi connectivity index (χ1) is 15.1. The van der Waals surface area contributed by atoms with Gasteiger partial charge in [0.2, 0.25) is 5.95 Å². The molecule has 3 N–H and O–H groups in total. The maximum atomic E-state index is 9.49. The van der Waals surface area contributed by atoms with Gasteiger partial charge in [0.15, 0.2) is 17.0 Å². The molecule has 3 aromatic heterocycles. The number of phenolic OH excluding ortho intramolecular Hbond substituents is 1. The maximum absolute atomic E-state index is 9.49. The van der Waals surface area contributed by atoms with Crippen molar-refractivity contribution in [2.45, 2.75) is 0 Å². The number of nitrogen functional groups attached to an aromatic ring is 1. The molecular formula is C21H19N9O. The number of pyridine rings is 1. The highest BCUT2D eigenvalue weighted by atomic mass is 16.3. The Kier molecular flexibility index (Phi) is 4.48. The van der Waals surface area contributed by atoms with E-state index in [2.05, 4.69) is 29.6 Å². The van der Waals surface area contributed by atoms with Crippen LogP contribution in [0.5, 0.6) is 5.75 Å². The summed E-state index contributed by atoms with van der Waals surface area (Å²) in [7, 11) is 0. The first-order valence-corrected chi connectivity index (χ1v) is 9.76. The molecule has 0 aliphatic carbocycles. The average molecular weight is 413 g/mol. The number of benzene rings is 1. The number of imidazole rings is 1. The Morgan fingerprint density at radius 3 is 2.29 bits per heavy atom. The van der Waals surface area contributed by atoms with Crippen LogP contribution in [-0.2, 0) is 0 Å². The number of nitrogens with two attached hydrogens (primary N) is 1. The molecule has 0 amide bonds. The lowest BCUT2D eigenvalue weighted by molar-refractivity contribution is 0.475. The molecule has 0 atom stereocenters. The van der Waals surface area contributed by atoms with E-state index in [-0.39, 0.29) is 5.75 Å². The molecule has 1 fully saturated rings. The molecule has 0 saturated carbocycles. The van der Waals surface area contributed by atoms with Crippen molar-refractivity contribution < 1.29 is 5.11 Å². The van der Waals surface area contributed by atoms with E-state index in [9.17, 15) is 5.11 Å². The van der Waals surface area contributed by atoms with Crippen LogP contribution >= 0.6 is 0 Å². The summed E-state index contributed by atoms with van der Waals surface area (Å²) in [6.07, 6.45) is 3.25. The van der Waals surface area contributed by atoms with Gasteiger partial charge in [0.05, 0.1) is 5.69 Å². The van der Waals surface area contributed by atoms with Gasteiger partial charge in [-0.3, -0.25) is 4.57 Å². The third kappa shape index (κ3) is 3.42. The van der Waals surface area contributed by atoms with Crippen molar-refractivity contribution in [2.24, 2.45) is 0 Å². The van der Waals surface area contributed by atoms with E-state index in [0.717, 1.165) is 37.6 Å². The zero-order valence-corrected chi connectivity index (χ0v) is 16.5. The number of piperazine rings is 1. The van der Waals surface area contributed by atoms with E-state index in [1.54, 1.807) is 41.4 Å². The van der Waals surface area contributed by atoms with Crippen LogP contribution in [0.25, 0.3) is 21.7 Å². The summed E-state index contributed by atoms with van der Waals surface area (Å²) in [5, 5.41) is 9.49. The molecule has 0 unspecified atom stereocenters. The van der Waals surface area contributed by atoms with Gasteiger partial charge >= 0.3 is 0 Å². The molecule has 0 bridgehead atoms. The summed E-state index contributed by atoms with van der Waals surface area (Å²) in [4.78, 5) is 25.4. The predicted molar refractivity (Wildman–Crippen MR) is 118 cm³/mol. The highest BCUT2D eigenvalue weighted by Gasteiger charge is 2.22. The normalized spacial score (nSPS) is 14.0. The van der Waals surface area contributed by atoms with Crippen LogP contribution in [0.2, 0.25) is 0 Å². The van der Waals surface area contributed by atoms with Gasteiger partial charge < -0.3 is 25.5 Å². The van der Waals surface area contributed by atoms with E-state index in [1.165, 1.54) is 0 Å². The van der Waals surface area contributed by atoms with E-state index >= 15 is 0 Å². The van der Waals surface area contributed by atoms with Crippen molar-refractivity contribution in [1.82, 2.24) is 24.5 Å². The summed E-state index contributed by atoms with van der Waals surface area (Å²) in [5.74, 6) is 1.47. The van der Waals surface area contributed by atoms with Crippen LogP contribution in [0.3, 0.4) is 0 Å². The zero-order chi connectivity index (χ0) is 21.4. The Bertz CT molecular complexity index is 1270. The smallest absolute Gasteiger partial charge is 0.269 e. The fourth-order valence-electron chi connectivity index (χ4n) is 3.66. The second-order valence-corrected chi connectivity index (χ2v) is 7.17. The van der Waals surface area contributed by atoms with Gasteiger partial charge in [-0.2, -0.15) is 9.97 Å². The van der Waals surface area contributed by atoms with Gasteiger partial charge in [0.25, 0.3) is 5.82 Å². The van der Waals surface area contributed by atoms with E-state index in [0.29, 0.717) is 28.7 Å². The molecule has 31 heavy (non-hydrogen) atoms. The number of phenols is 1. The van der Waals surface area contributed by atoms with Gasteiger partial charge in [0, 0.05) is 31.9 Å². The van der Waals surface area contributed by atoms with E-state index in [1.807, 2.05) is 12.1 Å². The van der Waals surface area contributed by atoms with E-state index in [4.69, 9.17) is 17.3 Å². The van der Waals surface area contributed by atoms with Gasteiger partial charge in [-0.05, 0) is 36.4 Å². The van der Waals surface area contributed by atoms with Gasteiger partial charge in [-0.1, -0.05) is 6.57 Å². The lowest BCUT2D eigenvalue weighted by atomic mass is 10.2. The number of rotatable bonds is 3. The summed E-state index contributed by atoms with van der Waals surface area (Å²) in [6, 6.07) is 10.7. The number of fused-ring (bicyclic) bond motifs is 1. The third-order valence-electron chi connectivity index (χ3n) is 5.31.